The maximum absolute atomic E-state index is 5.22. The van der Waals surface area contributed by atoms with E-state index in [1.54, 1.807) is 0 Å². The van der Waals surface area contributed by atoms with E-state index in [1.165, 1.54) is 59.6 Å². The average molecular weight is 559 g/mol. The van der Waals surface area contributed by atoms with E-state index >= 15 is 0 Å². The van der Waals surface area contributed by atoms with E-state index in [9.17, 15) is 0 Å². The Morgan fingerprint density at radius 2 is 1.09 bits per heavy atom. The summed E-state index contributed by atoms with van der Waals surface area (Å²) in [6.07, 6.45) is 0. The van der Waals surface area contributed by atoms with E-state index < -0.39 is 0 Å². The van der Waals surface area contributed by atoms with Gasteiger partial charge >= 0.3 is 0 Å². The minimum Gasteiger partial charge on any atom is -0.309 e. The minimum absolute atomic E-state index is 0.903. The fourth-order valence-electron chi connectivity index (χ4n) is 7.76. The van der Waals surface area contributed by atoms with Crippen molar-refractivity contribution in [1.82, 2.24) is 18.9 Å². The molecule has 44 heavy (non-hydrogen) atoms. The quantitative estimate of drug-likeness (QED) is 0.201. The second kappa shape index (κ2) is 7.88. The molecule has 0 aliphatic rings. The summed E-state index contributed by atoms with van der Waals surface area (Å²) in [4.78, 5) is 10.4. The van der Waals surface area contributed by atoms with E-state index in [2.05, 4.69) is 124 Å². The van der Waals surface area contributed by atoms with Crippen LogP contribution >= 0.6 is 0 Å². The van der Waals surface area contributed by atoms with Gasteiger partial charge in [-0.2, -0.15) is 0 Å². The molecule has 0 atom stereocenters. The highest BCUT2D eigenvalue weighted by atomic mass is 15.0. The molecule has 0 bridgehead atoms. The van der Waals surface area contributed by atoms with Gasteiger partial charge in [-0.1, -0.05) is 97.1 Å². The lowest BCUT2D eigenvalue weighted by Gasteiger charge is -2.11. The van der Waals surface area contributed by atoms with Gasteiger partial charge in [-0.25, -0.2) is 9.97 Å². The molecule has 4 heteroatoms. The van der Waals surface area contributed by atoms with Crippen LogP contribution in [0.4, 0.5) is 0 Å². The summed E-state index contributed by atoms with van der Waals surface area (Å²) in [6, 6.07) is 48.1. The fourth-order valence-corrected chi connectivity index (χ4v) is 7.76. The van der Waals surface area contributed by atoms with Gasteiger partial charge in [0, 0.05) is 38.0 Å². The van der Waals surface area contributed by atoms with Crippen LogP contribution in [0.5, 0.6) is 0 Å². The summed E-state index contributed by atoms with van der Waals surface area (Å²) >= 11 is 0. The first-order valence-corrected chi connectivity index (χ1v) is 15.0. The number of rotatable bonds is 1. The smallest absolute Gasteiger partial charge is 0.165 e. The Labute approximate surface area is 250 Å². The largest absolute Gasteiger partial charge is 0.309 e. The molecule has 4 heterocycles. The number of hydrogen-bond acceptors (Lipinski definition) is 2. The normalized spacial score (nSPS) is 12.5. The van der Waals surface area contributed by atoms with Gasteiger partial charge in [0.1, 0.15) is 5.52 Å². The van der Waals surface area contributed by atoms with Crippen LogP contribution in [0.15, 0.2) is 133 Å². The number of fused-ring (bicyclic) bond motifs is 14. The van der Waals surface area contributed by atoms with Crippen LogP contribution in [-0.2, 0) is 0 Å². The van der Waals surface area contributed by atoms with E-state index in [-0.39, 0.29) is 0 Å². The molecule has 0 fully saturated rings. The first-order valence-electron chi connectivity index (χ1n) is 15.0. The molecule has 4 nitrogen and oxygen atoms in total. The Morgan fingerprint density at radius 1 is 0.432 bits per heavy atom. The van der Waals surface area contributed by atoms with E-state index in [0.29, 0.717) is 0 Å². The number of para-hydroxylation sites is 3. The molecule has 0 aliphatic heterocycles. The Kier molecular flexibility index (Phi) is 4.04. The second-order valence-corrected chi connectivity index (χ2v) is 11.8. The van der Waals surface area contributed by atoms with E-state index in [0.717, 1.165) is 38.8 Å². The average Bonchev–Trinajstić information content (AvgIpc) is 3.72. The number of benzene rings is 7. The Bertz CT molecular complexity index is 3000. The number of hydrogen-bond donors (Lipinski definition) is 0. The highest BCUT2D eigenvalue weighted by Crippen LogP contribution is 2.44. The Morgan fingerprint density at radius 3 is 1.95 bits per heavy atom. The van der Waals surface area contributed by atoms with Crippen molar-refractivity contribution in [2.24, 2.45) is 0 Å². The van der Waals surface area contributed by atoms with E-state index in [1.807, 2.05) is 18.2 Å². The van der Waals surface area contributed by atoms with Gasteiger partial charge in [-0.3, -0.25) is 4.40 Å². The molecule has 0 saturated heterocycles. The lowest BCUT2D eigenvalue weighted by molar-refractivity contribution is 1.20. The molecule has 0 amide bonds. The third-order valence-electron chi connectivity index (χ3n) is 9.57. The predicted octanol–water partition coefficient (Wildman–Crippen LogP) is 10.2. The third kappa shape index (κ3) is 2.69. The monoisotopic (exact) mass is 558 g/mol. The van der Waals surface area contributed by atoms with Crippen LogP contribution in [0, 0.1) is 0 Å². The molecule has 0 saturated carbocycles. The first kappa shape index (κ1) is 22.6. The van der Waals surface area contributed by atoms with Crippen LogP contribution in [0.1, 0.15) is 0 Å². The zero-order valence-electron chi connectivity index (χ0n) is 23.5. The predicted molar refractivity (Wildman–Crippen MR) is 184 cm³/mol. The van der Waals surface area contributed by atoms with E-state index in [4.69, 9.17) is 9.97 Å². The maximum atomic E-state index is 5.22. The van der Waals surface area contributed by atoms with Gasteiger partial charge in [-0.05, 0) is 52.6 Å². The molecule has 0 unspecified atom stereocenters. The second-order valence-electron chi connectivity index (χ2n) is 11.8. The van der Waals surface area contributed by atoms with Gasteiger partial charge < -0.3 is 4.57 Å². The molecule has 7 aromatic carbocycles. The lowest BCUT2D eigenvalue weighted by Crippen LogP contribution is -1.95. The molecular formula is C40H22N4. The van der Waals surface area contributed by atoms with Crippen LogP contribution in [0.2, 0.25) is 0 Å². The highest BCUT2D eigenvalue weighted by molar-refractivity contribution is 6.27. The van der Waals surface area contributed by atoms with Gasteiger partial charge in [-0.15, -0.1) is 0 Å². The molecule has 11 rings (SSSR count). The molecule has 0 aliphatic carbocycles. The summed E-state index contributed by atoms with van der Waals surface area (Å²) in [7, 11) is 0. The van der Waals surface area contributed by atoms with Crippen LogP contribution in [0.25, 0.3) is 98.4 Å². The van der Waals surface area contributed by atoms with Crippen LogP contribution in [-0.4, -0.2) is 18.9 Å². The minimum atomic E-state index is 0.903. The molecule has 0 radical (unpaired) electrons. The first-order chi connectivity index (χ1) is 21.8. The molecule has 4 aromatic heterocycles. The van der Waals surface area contributed by atoms with Crippen LogP contribution < -0.4 is 0 Å². The Balaban J connectivity index is 1.40. The maximum Gasteiger partial charge on any atom is 0.165 e. The Hall–Kier alpha value is -6.00. The van der Waals surface area contributed by atoms with Gasteiger partial charge in [0.05, 0.1) is 33.1 Å². The summed E-state index contributed by atoms with van der Waals surface area (Å²) in [6.45, 7) is 0. The lowest BCUT2D eigenvalue weighted by atomic mass is 10.0. The number of aromatic nitrogens is 4. The van der Waals surface area contributed by atoms with Gasteiger partial charge in [0.15, 0.2) is 5.65 Å². The molecule has 11 aromatic rings. The van der Waals surface area contributed by atoms with Crippen molar-refractivity contribution >= 4 is 92.7 Å². The van der Waals surface area contributed by atoms with Crippen molar-refractivity contribution in [2.45, 2.75) is 0 Å². The van der Waals surface area contributed by atoms with Gasteiger partial charge in [0.25, 0.3) is 0 Å². The fraction of sp³-hybridized carbons (Fsp3) is 0. The topological polar surface area (TPSA) is 35.1 Å². The third-order valence-corrected chi connectivity index (χ3v) is 9.57. The van der Waals surface area contributed by atoms with Crippen molar-refractivity contribution in [2.75, 3.05) is 0 Å². The van der Waals surface area contributed by atoms with Crippen molar-refractivity contribution in [3.63, 3.8) is 0 Å². The van der Waals surface area contributed by atoms with Crippen molar-refractivity contribution in [1.29, 1.82) is 0 Å². The van der Waals surface area contributed by atoms with Gasteiger partial charge in [0.2, 0.25) is 0 Å². The molecule has 0 N–H and O–H groups in total. The molecule has 0 spiro atoms. The number of nitrogens with zero attached hydrogens (tertiary/aromatic N) is 4. The SMILES string of the molecule is c1ccc2c(c1)ccc1c2c2ccc3ccccc3c2n1-c1cc2c3ccccc3n3c4nc5ccccc5nc4c(c1)c23. The standard InChI is InChI=1S/C40H22N4/c1-3-11-26-23(9-1)18-20-35-36(26)29-19-17-24-10-2-4-12-27(24)38(29)43(35)25-21-30-28-13-5-8-16-34(28)44-39(30)31(22-25)37-40(44)42-33-15-7-6-14-32(33)41-37/h1-22H. The zero-order chi connectivity index (χ0) is 28.5. The van der Waals surface area contributed by atoms with Crippen molar-refractivity contribution < 1.29 is 0 Å². The molecule has 202 valence electrons. The van der Waals surface area contributed by atoms with Crippen molar-refractivity contribution in [3.8, 4) is 5.69 Å². The highest BCUT2D eigenvalue weighted by Gasteiger charge is 2.23. The van der Waals surface area contributed by atoms with Crippen molar-refractivity contribution in [3.05, 3.63) is 133 Å². The summed E-state index contributed by atoms with van der Waals surface area (Å²) in [5.41, 5.74) is 9.55. The summed E-state index contributed by atoms with van der Waals surface area (Å²) in [5.74, 6) is 0. The summed E-state index contributed by atoms with van der Waals surface area (Å²) < 4.78 is 4.79. The van der Waals surface area contributed by atoms with Crippen LogP contribution in [0.3, 0.4) is 0 Å². The molecular weight excluding hydrogens is 536 g/mol. The summed E-state index contributed by atoms with van der Waals surface area (Å²) in [5, 5.41) is 11.1. The zero-order valence-corrected chi connectivity index (χ0v) is 23.5.